The monoisotopic (exact) mass is 382 g/mol. The van der Waals surface area contributed by atoms with Crippen molar-refractivity contribution in [2.24, 2.45) is 0 Å². The molecule has 0 saturated carbocycles. The fraction of sp³-hybridized carbons (Fsp3) is 0.318. The van der Waals surface area contributed by atoms with Crippen molar-refractivity contribution in [3.05, 3.63) is 71.8 Å². The van der Waals surface area contributed by atoms with Gasteiger partial charge in [0.05, 0.1) is 19.4 Å². The van der Waals surface area contributed by atoms with Gasteiger partial charge in [0.2, 0.25) is 11.8 Å². The summed E-state index contributed by atoms with van der Waals surface area (Å²) in [6, 6.07) is 19.1. The van der Waals surface area contributed by atoms with E-state index in [4.69, 9.17) is 4.74 Å². The van der Waals surface area contributed by atoms with Crippen molar-refractivity contribution in [2.45, 2.75) is 19.3 Å². The van der Waals surface area contributed by atoms with E-state index in [1.807, 2.05) is 60.7 Å². The Kier molecular flexibility index (Phi) is 8.21. The normalized spacial score (nSPS) is 10.4. The fourth-order valence-corrected chi connectivity index (χ4v) is 2.98. The molecule has 0 heterocycles. The predicted octanol–water partition coefficient (Wildman–Crippen LogP) is 2.35. The summed E-state index contributed by atoms with van der Waals surface area (Å²) in [5.74, 6) is -1.15. The first-order chi connectivity index (χ1) is 13.5. The quantitative estimate of drug-likeness (QED) is 0.676. The van der Waals surface area contributed by atoms with Gasteiger partial charge >= 0.3 is 5.97 Å². The second kappa shape index (κ2) is 10.9. The number of benzene rings is 2. The Labute approximate surface area is 165 Å². The number of methoxy groups -OCH3 is 1. The van der Waals surface area contributed by atoms with Crippen LogP contribution in [0.25, 0.3) is 0 Å². The molecule has 0 aliphatic carbocycles. The van der Waals surface area contributed by atoms with E-state index in [2.05, 4.69) is 5.32 Å². The summed E-state index contributed by atoms with van der Waals surface area (Å²) in [6.07, 6.45) is 0.0958. The first-order valence-corrected chi connectivity index (χ1v) is 9.23. The molecule has 2 rings (SSSR count). The average Bonchev–Trinajstić information content (AvgIpc) is 2.71. The lowest BCUT2D eigenvalue weighted by Gasteiger charge is -2.28. The number of ether oxygens (including phenoxy) is 1. The third kappa shape index (κ3) is 6.23. The predicted molar refractivity (Wildman–Crippen MR) is 107 cm³/mol. The van der Waals surface area contributed by atoms with Gasteiger partial charge in [0, 0.05) is 26.6 Å². The maximum absolute atomic E-state index is 13.5. The minimum absolute atomic E-state index is 0.0958. The van der Waals surface area contributed by atoms with Crippen molar-refractivity contribution in [1.29, 1.82) is 0 Å². The summed E-state index contributed by atoms with van der Waals surface area (Å²) in [5.41, 5.74) is 1.75. The highest BCUT2D eigenvalue weighted by molar-refractivity contribution is 5.87. The first-order valence-electron chi connectivity index (χ1n) is 9.23. The van der Waals surface area contributed by atoms with Crippen molar-refractivity contribution in [3.8, 4) is 0 Å². The Hall–Kier alpha value is -3.15. The molecule has 2 aromatic carbocycles. The summed E-state index contributed by atoms with van der Waals surface area (Å²) in [5, 5.41) is 2.70. The van der Waals surface area contributed by atoms with Crippen LogP contribution in [0.3, 0.4) is 0 Å². The number of carbonyl (C=O) groups is 3. The zero-order valence-electron chi connectivity index (χ0n) is 16.3. The molecule has 2 aromatic rings. The van der Waals surface area contributed by atoms with Crippen molar-refractivity contribution in [3.63, 3.8) is 0 Å². The molecule has 0 bridgehead atoms. The van der Waals surface area contributed by atoms with Gasteiger partial charge in [-0.1, -0.05) is 60.7 Å². The molecule has 0 fully saturated rings. The molecule has 0 aliphatic rings. The van der Waals surface area contributed by atoms with Crippen LogP contribution in [-0.2, 0) is 19.1 Å². The van der Waals surface area contributed by atoms with Gasteiger partial charge < -0.3 is 15.0 Å². The maximum Gasteiger partial charge on any atom is 0.307 e. The van der Waals surface area contributed by atoms with Crippen LogP contribution in [0.4, 0.5) is 0 Å². The number of nitrogens with zero attached hydrogens (tertiary/aromatic N) is 1. The van der Waals surface area contributed by atoms with Gasteiger partial charge in [-0.05, 0) is 11.1 Å². The molecule has 0 saturated heterocycles. The summed E-state index contributed by atoms with van der Waals surface area (Å²) >= 11 is 0. The summed E-state index contributed by atoms with van der Waals surface area (Å²) < 4.78 is 4.71. The van der Waals surface area contributed by atoms with Gasteiger partial charge in [-0.2, -0.15) is 0 Å². The van der Waals surface area contributed by atoms with Gasteiger partial charge in [0.1, 0.15) is 0 Å². The second-order valence-electron chi connectivity index (χ2n) is 6.39. The van der Waals surface area contributed by atoms with Crippen LogP contribution in [-0.4, -0.2) is 49.4 Å². The van der Waals surface area contributed by atoms with Gasteiger partial charge in [-0.15, -0.1) is 0 Å². The number of nitrogens with one attached hydrogen (secondary N) is 1. The van der Waals surface area contributed by atoms with E-state index in [0.717, 1.165) is 11.1 Å². The number of amides is 2. The maximum atomic E-state index is 13.5. The minimum Gasteiger partial charge on any atom is -0.469 e. The number of esters is 1. The lowest BCUT2D eigenvalue weighted by Crippen LogP contribution is -2.42. The molecule has 0 aliphatic heterocycles. The molecule has 0 unspecified atom stereocenters. The summed E-state index contributed by atoms with van der Waals surface area (Å²) in [4.78, 5) is 37.9. The molecule has 0 aromatic heterocycles. The molecule has 28 heavy (non-hydrogen) atoms. The highest BCUT2D eigenvalue weighted by Crippen LogP contribution is 2.27. The molecule has 148 valence electrons. The molecular formula is C22H26N2O4. The van der Waals surface area contributed by atoms with Crippen LogP contribution in [0.1, 0.15) is 30.4 Å². The van der Waals surface area contributed by atoms with Crippen molar-refractivity contribution >= 4 is 17.8 Å². The van der Waals surface area contributed by atoms with Crippen molar-refractivity contribution < 1.29 is 19.1 Å². The van der Waals surface area contributed by atoms with Crippen LogP contribution in [0.5, 0.6) is 0 Å². The zero-order valence-corrected chi connectivity index (χ0v) is 16.3. The largest absolute Gasteiger partial charge is 0.469 e. The van der Waals surface area contributed by atoms with Crippen molar-refractivity contribution in [2.75, 3.05) is 26.7 Å². The number of hydrogen-bond donors (Lipinski definition) is 1. The lowest BCUT2D eigenvalue weighted by molar-refractivity contribution is -0.142. The van der Waals surface area contributed by atoms with Gasteiger partial charge in [-0.25, -0.2) is 0 Å². The molecule has 0 radical (unpaired) electrons. The minimum atomic E-state index is -0.489. The van der Waals surface area contributed by atoms with Crippen molar-refractivity contribution in [1.82, 2.24) is 10.2 Å². The molecule has 0 atom stereocenters. The molecule has 6 nitrogen and oxygen atoms in total. The molecular weight excluding hydrogens is 356 g/mol. The van der Waals surface area contributed by atoms with Crippen LogP contribution >= 0.6 is 0 Å². The molecule has 2 amide bonds. The lowest BCUT2D eigenvalue weighted by atomic mass is 9.90. The smallest absolute Gasteiger partial charge is 0.307 e. The highest BCUT2D eigenvalue weighted by Gasteiger charge is 2.27. The molecule has 0 spiro atoms. The highest BCUT2D eigenvalue weighted by atomic mass is 16.5. The molecule has 1 N–H and O–H groups in total. The van der Waals surface area contributed by atoms with E-state index < -0.39 is 5.92 Å². The standard InChI is InChI=1S/C22H26N2O4/c1-17(25)23-14-16-24(15-13-20(26)28-2)22(27)21(18-9-5-3-6-10-18)19-11-7-4-8-12-19/h3-12,21H,13-16H2,1-2H3,(H,23,25). The van der Waals surface area contributed by atoms with Gasteiger partial charge in [-0.3, -0.25) is 14.4 Å². The van der Waals surface area contributed by atoms with E-state index in [-0.39, 0.29) is 30.7 Å². The SMILES string of the molecule is COC(=O)CCN(CCNC(C)=O)C(=O)C(c1ccccc1)c1ccccc1. The van der Waals surface area contributed by atoms with Gasteiger partial charge in [0.25, 0.3) is 0 Å². The topological polar surface area (TPSA) is 75.7 Å². The number of carbonyl (C=O) groups excluding carboxylic acids is 3. The summed E-state index contributed by atoms with van der Waals surface area (Å²) in [6.45, 7) is 2.28. The Morgan fingerprint density at radius 3 is 1.93 bits per heavy atom. The third-order valence-electron chi connectivity index (χ3n) is 4.39. The van der Waals surface area contributed by atoms with E-state index in [1.165, 1.54) is 14.0 Å². The van der Waals surface area contributed by atoms with Crippen LogP contribution in [0.2, 0.25) is 0 Å². The van der Waals surface area contributed by atoms with Gasteiger partial charge in [0.15, 0.2) is 0 Å². The Balaban J connectivity index is 2.29. The zero-order chi connectivity index (χ0) is 20.4. The Bertz CT molecular complexity index is 738. The first kappa shape index (κ1) is 21.2. The van der Waals surface area contributed by atoms with E-state index in [1.54, 1.807) is 4.90 Å². The molecule has 6 heteroatoms. The second-order valence-corrected chi connectivity index (χ2v) is 6.39. The fourth-order valence-electron chi connectivity index (χ4n) is 2.98. The van der Waals surface area contributed by atoms with Crippen LogP contribution in [0, 0.1) is 0 Å². The van der Waals surface area contributed by atoms with Crippen LogP contribution < -0.4 is 5.32 Å². The van der Waals surface area contributed by atoms with E-state index in [0.29, 0.717) is 13.1 Å². The Morgan fingerprint density at radius 2 is 1.46 bits per heavy atom. The average molecular weight is 382 g/mol. The number of rotatable bonds is 9. The summed E-state index contributed by atoms with van der Waals surface area (Å²) in [7, 11) is 1.32. The number of hydrogen-bond acceptors (Lipinski definition) is 4. The van der Waals surface area contributed by atoms with E-state index >= 15 is 0 Å². The van der Waals surface area contributed by atoms with E-state index in [9.17, 15) is 14.4 Å². The van der Waals surface area contributed by atoms with Crippen LogP contribution in [0.15, 0.2) is 60.7 Å². The Morgan fingerprint density at radius 1 is 0.929 bits per heavy atom. The third-order valence-corrected chi connectivity index (χ3v) is 4.39.